The minimum atomic E-state index is -3.59. The summed E-state index contributed by atoms with van der Waals surface area (Å²) < 4.78 is 26.0. The Kier molecular flexibility index (Phi) is 3.67. The number of carbonyl (C=O) groups is 1. The molecule has 1 aromatic carbocycles. The largest absolute Gasteiger partial charge is 0.313 e. The highest BCUT2D eigenvalue weighted by Gasteiger charge is 2.17. The Hall–Kier alpha value is -2.26. The number of sulfonamides is 1. The molecule has 0 aliphatic heterocycles. The molecule has 3 aromatic rings. The van der Waals surface area contributed by atoms with E-state index in [-0.39, 0.29) is 6.54 Å². The molecule has 2 heterocycles. The molecule has 0 fully saturated rings. The predicted molar refractivity (Wildman–Crippen MR) is 83.8 cm³/mol. The molecule has 1 N–H and O–H groups in total. The van der Waals surface area contributed by atoms with E-state index in [0.29, 0.717) is 11.5 Å². The van der Waals surface area contributed by atoms with Crippen LogP contribution in [-0.2, 0) is 21.4 Å². The lowest BCUT2D eigenvalue weighted by Gasteiger charge is -2.07. The maximum atomic E-state index is 11.9. The van der Waals surface area contributed by atoms with Gasteiger partial charge in [-0.25, -0.2) is 18.4 Å². The van der Waals surface area contributed by atoms with Crippen LogP contribution < -0.4 is 4.72 Å². The standard InChI is InChI=1S/C13H12N4O3S2/c1-22(19,20)16-12(18)6-17-11-5-3-2-4-9(11)15-13(17)10-7-21-8-14-10/h2-5,7-8H,6H2,1H3,(H,16,18). The fraction of sp³-hybridized carbons (Fsp3) is 0.154. The van der Waals surface area contributed by atoms with E-state index in [1.165, 1.54) is 11.3 Å². The lowest BCUT2D eigenvalue weighted by atomic mass is 10.3. The van der Waals surface area contributed by atoms with Crippen LogP contribution in [0.1, 0.15) is 0 Å². The number of nitrogens with one attached hydrogen (secondary N) is 1. The molecule has 3 rings (SSSR count). The molecule has 0 bridgehead atoms. The first kappa shape index (κ1) is 14.7. The van der Waals surface area contributed by atoms with E-state index in [4.69, 9.17) is 0 Å². The first-order chi connectivity index (χ1) is 10.4. The summed E-state index contributed by atoms with van der Waals surface area (Å²) in [5.41, 5.74) is 3.79. The minimum Gasteiger partial charge on any atom is -0.313 e. The summed E-state index contributed by atoms with van der Waals surface area (Å²) in [5.74, 6) is -0.0896. The first-order valence-corrected chi connectivity index (χ1v) is 9.12. The lowest BCUT2D eigenvalue weighted by molar-refractivity contribution is -0.119. The summed E-state index contributed by atoms with van der Waals surface area (Å²) in [4.78, 5) is 20.6. The quantitative estimate of drug-likeness (QED) is 0.773. The Bertz CT molecular complexity index is 930. The van der Waals surface area contributed by atoms with Gasteiger partial charge in [0.15, 0.2) is 5.82 Å². The summed E-state index contributed by atoms with van der Waals surface area (Å²) in [6.07, 6.45) is 0.943. The average molecular weight is 336 g/mol. The Balaban J connectivity index is 2.07. The molecule has 0 radical (unpaired) electrons. The van der Waals surface area contributed by atoms with E-state index < -0.39 is 15.9 Å². The number of fused-ring (bicyclic) bond motifs is 1. The van der Waals surface area contributed by atoms with Crippen molar-refractivity contribution in [2.24, 2.45) is 0 Å². The summed E-state index contributed by atoms with van der Waals surface area (Å²) in [7, 11) is -3.59. The van der Waals surface area contributed by atoms with Crippen molar-refractivity contribution in [3.05, 3.63) is 35.2 Å². The maximum Gasteiger partial charge on any atom is 0.253 e. The van der Waals surface area contributed by atoms with Crippen molar-refractivity contribution in [3.63, 3.8) is 0 Å². The molecule has 0 aliphatic carbocycles. The van der Waals surface area contributed by atoms with Crippen LogP contribution in [0.5, 0.6) is 0 Å². The number of rotatable bonds is 4. The van der Waals surface area contributed by atoms with Crippen molar-refractivity contribution in [1.29, 1.82) is 0 Å². The van der Waals surface area contributed by atoms with Gasteiger partial charge in [-0.3, -0.25) is 9.52 Å². The highest BCUT2D eigenvalue weighted by Crippen LogP contribution is 2.24. The molecule has 2 aromatic heterocycles. The summed E-state index contributed by atoms with van der Waals surface area (Å²) >= 11 is 1.42. The van der Waals surface area contributed by atoms with Gasteiger partial charge in [-0.05, 0) is 12.1 Å². The third kappa shape index (κ3) is 3.00. The van der Waals surface area contributed by atoms with Crippen LogP contribution in [0.3, 0.4) is 0 Å². The van der Waals surface area contributed by atoms with Gasteiger partial charge in [-0.1, -0.05) is 12.1 Å². The van der Waals surface area contributed by atoms with Gasteiger partial charge in [0.25, 0.3) is 5.91 Å². The molecule has 1 amide bonds. The van der Waals surface area contributed by atoms with Gasteiger partial charge in [-0.15, -0.1) is 11.3 Å². The number of para-hydroxylation sites is 2. The Morgan fingerprint density at radius 2 is 2.14 bits per heavy atom. The van der Waals surface area contributed by atoms with Gasteiger partial charge < -0.3 is 4.57 Å². The number of aromatic nitrogens is 3. The van der Waals surface area contributed by atoms with Gasteiger partial charge in [0, 0.05) is 5.38 Å². The normalized spacial score (nSPS) is 11.7. The third-order valence-corrected chi connectivity index (χ3v) is 4.10. The van der Waals surface area contributed by atoms with Gasteiger partial charge in [-0.2, -0.15) is 0 Å². The number of amides is 1. The maximum absolute atomic E-state index is 11.9. The Labute approximate surface area is 130 Å². The van der Waals surface area contributed by atoms with Crippen LogP contribution in [0.15, 0.2) is 35.2 Å². The number of carbonyl (C=O) groups excluding carboxylic acids is 1. The van der Waals surface area contributed by atoms with Crippen molar-refractivity contribution in [3.8, 4) is 11.5 Å². The van der Waals surface area contributed by atoms with Crippen LogP contribution in [0.25, 0.3) is 22.6 Å². The lowest BCUT2D eigenvalue weighted by Crippen LogP contribution is -2.32. The number of thiazole rings is 1. The van der Waals surface area contributed by atoms with E-state index in [2.05, 4.69) is 9.97 Å². The number of hydrogen-bond acceptors (Lipinski definition) is 6. The van der Waals surface area contributed by atoms with Gasteiger partial charge in [0.1, 0.15) is 12.2 Å². The first-order valence-electron chi connectivity index (χ1n) is 6.28. The summed E-state index contributed by atoms with van der Waals surface area (Å²) in [5, 5.41) is 1.83. The average Bonchev–Trinajstić information content (AvgIpc) is 3.04. The molecule has 0 spiro atoms. The Morgan fingerprint density at radius 3 is 2.82 bits per heavy atom. The second-order valence-electron chi connectivity index (χ2n) is 4.68. The van der Waals surface area contributed by atoms with Crippen LogP contribution in [0, 0.1) is 0 Å². The van der Waals surface area contributed by atoms with Crippen molar-refractivity contribution in [1.82, 2.24) is 19.3 Å². The smallest absolute Gasteiger partial charge is 0.253 e. The van der Waals surface area contributed by atoms with E-state index in [1.54, 1.807) is 10.1 Å². The fourth-order valence-corrected chi connectivity index (χ4v) is 3.15. The zero-order valence-electron chi connectivity index (χ0n) is 11.6. The van der Waals surface area contributed by atoms with Crippen molar-refractivity contribution < 1.29 is 13.2 Å². The van der Waals surface area contributed by atoms with Crippen LogP contribution in [0.4, 0.5) is 0 Å². The summed E-state index contributed by atoms with van der Waals surface area (Å²) in [6, 6.07) is 7.34. The zero-order chi connectivity index (χ0) is 15.7. The van der Waals surface area contributed by atoms with E-state index in [0.717, 1.165) is 17.3 Å². The highest BCUT2D eigenvalue weighted by atomic mass is 32.2. The molecule has 0 saturated carbocycles. The molecular formula is C13H12N4O3S2. The van der Waals surface area contributed by atoms with E-state index >= 15 is 0 Å². The molecule has 7 nitrogen and oxygen atoms in total. The van der Waals surface area contributed by atoms with Gasteiger partial charge in [0.2, 0.25) is 10.0 Å². The minimum absolute atomic E-state index is 0.152. The molecule has 0 aliphatic rings. The highest BCUT2D eigenvalue weighted by molar-refractivity contribution is 7.89. The molecule has 9 heteroatoms. The number of imidazole rings is 1. The number of benzene rings is 1. The third-order valence-electron chi connectivity index (χ3n) is 2.92. The van der Waals surface area contributed by atoms with Crippen LogP contribution in [0.2, 0.25) is 0 Å². The number of nitrogens with zero attached hydrogens (tertiary/aromatic N) is 3. The van der Waals surface area contributed by atoms with E-state index in [1.807, 2.05) is 34.4 Å². The number of hydrogen-bond donors (Lipinski definition) is 1. The van der Waals surface area contributed by atoms with Crippen molar-refractivity contribution in [2.45, 2.75) is 6.54 Å². The molecule has 0 saturated heterocycles. The van der Waals surface area contributed by atoms with E-state index in [9.17, 15) is 13.2 Å². The second kappa shape index (κ2) is 5.50. The molecule has 0 unspecified atom stereocenters. The van der Waals surface area contributed by atoms with Gasteiger partial charge in [0.05, 0.1) is 22.8 Å². The molecule has 22 heavy (non-hydrogen) atoms. The molecule has 0 atom stereocenters. The predicted octanol–water partition coefficient (Wildman–Crippen LogP) is 1.24. The van der Waals surface area contributed by atoms with Crippen molar-refractivity contribution >= 4 is 38.3 Å². The second-order valence-corrected chi connectivity index (χ2v) is 7.15. The Morgan fingerprint density at radius 1 is 1.36 bits per heavy atom. The summed E-state index contributed by atoms with van der Waals surface area (Å²) in [6.45, 7) is -0.152. The topological polar surface area (TPSA) is 94.0 Å². The van der Waals surface area contributed by atoms with Crippen molar-refractivity contribution in [2.75, 3.05) is 6.26 Å². The molecular weight excluding hydrogens is 324 g/mol. The monoisotopic (exact) mass is 336 g/mol. The van der Waals surface area contributed by atoms with Crippen LogP contribution >= 0.6 is 11.3 Å². The van der Waals surface area contributed by atoms with Gasteiger partial charge >= 0.3 is 0 Å². The zero-order valence-corrected chi connectivity index (χ0v) is 13.2. The fourth-order valence-electron chi connectivity index (χ4n) is 2.14. The van der Waals surface area contributed by atoms with Crippen LogP contribution in [-0.4, -0.2) is 35.1 Å². The molecule has 114 valence electrons. The SMILES string of the molecule is CS(=O)(=O)NC(=O)Cn1c(-c2cscn2)nc2ccccc21.